The normalized spacial score (nSPS) is 25.1. The van der Waals surface area contributed by atoms with Gasteiger partial charge in [-0.15, -0.1) is 0 Å². The largest absolute Gasteiger partial charge is 0.481 e. The van der Waals surface area contributed by atoms with Gasteiger partial charge in [-0.25, -0.2) is 0 Å². The van der Waals surface area contributed by atoms with Gasteiger partial charge in [0.1, 0.15) is 12.2 Å². The van der Waals surface area contributed by atoms with Crippen molar-refractivity contribution in [3.05, 3.63) is 32.3 Å². The molecular weight excluding hydrogens is 373 g/mol. The Hall–Kier alpha value is -0.560. The molecule has 8 heteroatoms. The molecule has 0 amide bonds. The van der Waals surface area contributed by atoms with Crippen molar-refractivity contribution in [3.63, 3.8) is 0 Å². The molecule has 1 aromatic rings. The number of ether oxygens (including phenoxy) is 2. The predicted molar refractivity (Wildman–Crippen MR) is 80.3 cm³/mol. The first kappa shape index (κ1) is 15.8. The van der Waals surface area contributed by atoms with Gasteiger partial charge in [0.15, 0.2) is 5.75 Å². The highest BCUT2D eigenvalue weighted by Crippen LogP contribution is 2.40. The molecule has 1 fully saturated rings. The maximum absolute atomic E-state index is 11.0. The van der Waals surface area contributed by atoms with Crippen molar-refractivity contribution in [2.45, 2.75) is 30.4 Å². The van der Waals surface area contributed by atoms with Crippen LogP contribution >= 0.6 is 39.1 Å². The smallest absolute Gasteiger partial charge is 0.312 e. The molecule has 1 aromatic carbocycles. The summed E-state index contributed by atoms with van der Waals surface area (Å²) in [6.07, 6.45) is 0.339. The molecule has 0 bridgehead atoms. The summed E-state index contributed by atoms with van der Waals surface area (Å²) >= 11 is 15.1. The third-order valence-electron chi connectivity index (χ3n) is 3.02. The molecule has 3 atom stereocenters. The van der Waals surface area contributed by atoms with Gasteiger partial charge < -0.3 is 9.47 Å². The average molecular weight is 385 g/mol. The second-order valence-electron chi connectivity index (χ2n) is 4.32. The molecule has 5 nitrogen and oxygen atoms in total. The van der Waals surface area contributed by atoms with E-state index in [9.17, 15) is 10.1 Å². The first-order valence-electron chi connectivity index (χ1n) is 5.99. The molecule has 2 rings (SSSR count). The van der Waals surface area contributed by atoms with E-state index >= 15 is 0 Å². The fraction of sp³-hybridized carbons (Fsp3) is 0.500. The van der Waals surface area contributed by atoms with Crippen molar-refractivity contribution >= 4 is 44.8 Å². The predicted octanol–water partition coefficient (Wildman–Crippen LogP) is 4.22. The van der Waals surface area contributed by atoms with Crippen molar-refractivity contribution < 1.29 is 14.4 Å². The fourth-order valence-corrected chi connectivity index (χ4v) is 3.14. The zero-order chi connectivity index (χ0) is 14.9. The fourth-order valence-electron chi connectivity index (χ4n) is 1.96. The Balaban J connectivity index is 2.21. The molecule has 0 aromatic heterocycles. The monoisotopic (exact) mass is 383 g/mol. The highest BCUT2D eigenvalue weighted by molar-refractivity contribution is 9.09. The van der Waals surface area contributed by atoms with Crippen molar-refractivity contribution in [2.24, 2.45) is 0 Å². The molecule has 1 aliphatic carbocycles. The first-order valence-corrected chi connectivity index (χ1v) is 7.67. The molecule has 0 N–H and O–H groups in total. The molecule has 1 saturated carbocycles. The van der Waals surface area contributed by atoms with Crippen LogP contribution in [0.5, 0.6) is 5.75 Å². The van der Waals surface area contributed by atoms with E-state index in [0.29, 0.717) is 13.0 Å². The third-order valence-corrected chi connectivity index (χ3v) is 4.63. The van der Waals surface area contributed by atoms with Crippen LogP contribution in [0.4, 0.5) is 5.69 Å². The maximum Gasteiger partial charge on any atom is 0.312 e. The molecule has 3 unspecified atom stereocenters. The van der Waals surface area contributed by atoms with Crippen LogP contribution in [0.25, 0.3) is 0 Å². The lowest BCUT2D eigenvalue weighted by molar-refractivity contribution is -0.386. The Bertz CT molecular complexity index is 528. The standard InChI is InChI=1S/C12H12BrCl2NO4/c1-2-19-12-6(13)3-11(12)20-10-5-8(15)7(14)4-9(10)16(17)18/h4-6,11-12H,2-3H2,1H3. The van der Waals surface area contributed by atoms with E-state index in [4.69, 9.17) is 32.7 Å². The van der Waals surface area contributed by atoms with Crippen LogP contribution in [0.15, 0.2) is 12.1 Å². The van der Waals surface area contributed by atoms with E-state index in [-0.39, 0.29) is 38.5 Å². The second-order valence-corrected chi connectivity index (χ2v) is 6.31. The Labute approximate surface area is 134 Å². The van der Waals surface area contributed by atoms with E-state index in [0.717, 1.165) is 0 Å². The van der Waals surface area contributed by atoms with Crippen LogP contribution in [0, 0.1) is 10.1 Å². The molecule has 1 aliphatic rings. The lowest BCUT2D eigenvalue weighted by Crippen LogP contribution is -2.52. The van der Waals surface area contributed by atoms with Crippen LogP contribution in [0.2, 0.25) is 10.0 Å². The number of hydrogen-bond acceptors (Lipinski definition) is 4. The molecule has 110 valence electrons. The number of benzene rings is 1. The number of hydrogen-bond donors (Lipinski definition) is 0. The van der Waals surface area contributed by atoms with Crippen LogP contribution in [-0.2, 0) is 4.74 Å². The number of nitrogens with zero attached hydrogens (tertiary/aromatic N) is 1. The topological polar surface area (TPSA) is 61.6 Å². The number of nitro groups is 1. The van der Waals surface area contributed by atoms with Crippen molar-refractivity contribution in [3.8, 4) is 5.75 Å². The number of nitro benzene ring substituents is 1. The molecule has 0 spiro atoms. The Kier molecular flexibility index (Phi) is 5.12. The summed E-state index contributed by atoms with van der Waals surface area (Å²) in [4.78, 5) is 10.7. The summed E-state index contributed by atoms with van der Waals surface area (Å²) in [7, 11) is 0. The van der Waals surface area contributed by atoms with E-state index in [2.05, 4.69) is 15.9 Å². The summed E-state index contributed by atoms with van der Waals surface area (Å²) in [5.41, 5.74) is -0.201. The lowest BCUT2D eigenvalue weighted by Gasteiger charge is -2.40. The molecule has 20 heavy (non-hydrogen) atoms. The lowest BCUT2D eigenvalue weighted by atomic mass is 9.91. The molecule has 0 heterocycles. The minimum atomic E-state index is -0.544. The third kappa shape index (κ3) is 3.19. The van der Waals surface area contributed by atoms with Crippen molar-refractivity contribution in [1.82, 2.24) is 0 Å². The average Bonchev–Trinajstić information content (AvgIpc) is 2.39. The van der Waals surface area contributed by atoms with Crippen LogP contribution in [-0.4, -0.2) is 28.6 Å². The van der Waals surface area contributed by atoms with Gasteiger partial charge in [-0.2, -0.15) is 0 Å². The van der Waals surface area contributed by atoms with Crippen molar-refractivity contribution in [2.75, 3.05) is 6.61 Å². The van der Waals surface area contributed by atoms with E-state index in [1.807, 2.05) is 6.92 Å². The first-order chi connectivity index (χ1) is 9.43. The van der Waals surface area contributed by atoms with Gasteiger partial charge in [0.2, 0.25) is 0 Å². The molecule has 0 saturated heterocycles. The maximum atomic E-state index is 11.0. The summed E-state index contributed by atoms with van der Waals surface area (Å²) in [6.45, 7) is 2.44. The Morgan fingerprint density at radius 2 is 2.10 bits per heavy atom. The number of halogens is 3. The van der Waals surface area contributed by atoms with Crippen LogP contribution in [0.3, 0.4) is 0 Å². The van der Waals surface area contributed by atoms with Crippen LogP contribution < -0.4 is 4.74 Å². The minimum absolute atomic E-state index is 0.110. The summed E-state index contributed by atoms with van der Waals surface area (Å²) in [5, 5.41) is 11.4. The summed E-state index contributed by atoms with van der Waals surface area (Å²) < 4.78 is 11.2. The van der Waals surface area contributed by atoms with E-state index in [1.165, 1.54) is 12.1 Å². The summed E-state index contributed by atoms with van der Waals surface area (Å²) in [6, 6.07) is 2.56. The number of alkyl halides is 1. The van der Waals surface area contributed by atoms with Crippen molar-refractivity contribution in [1.29, 1.82) is 0 Å². The van der Waals surface area contributed by atoms with Gasteiger partial charge in [-0.3, -0.25) is 10.1 Å². The SMILES string of the molecule is CCOC1C(Br)CC1Oc1cc(Cl)c(Cl)cc1[N+](=O)[O-]. The highest BCUT2D eigenvalue weighted by Gasteiger charge is 2.43. The molecule has 0 radical (unpaired) electrons. The van der Waals surface area contributed by atoms with E-state index < -0.39 is 4.92 Å². The zero-order valence-electron chi connectivity index (χ0n) is 10.5. The molecular formula is C12H12BrCl2NO4. The van der Waals surface area contributed by atoms with Gasteiger partial charge >= 0.3 is 5.69 Å². The zero-order valence-corrected chi connectivity index (χ0v) is 13.6. The van der Waals surface area contributed by atoms with Gasteiger partial charge in [-0.05, 0) is 6.92 Å². The Morgan fingerprint density at radius 3 is 2.65 bits per heavy atom. The summed E-state index contributed by atoms with van der Waals surface area (Å²) in [5.74, 6) is 0.110. The van der Waals surface area contributed by atoms with Gasteiger partial charge in [0, 0.05) is 30.0 Å². The molecule has 0 aliphatic heterocycles. The highest BCUT2D eigenvalue weighted by atomic mass is 79.9. The number of rotatable bonds is 5. The van der Waals surface area contributed by atoms with Gasteiger partial charge in [0.05, 0.1) is 15.0 Å². The van der Waals surface area contributed by atoms with Gasteiger partial charge in [-0.1, -0.05) is 39.1 Å². The second kappa shape index (κ2) is 6.47. The van der Waals surface area contributed by atoms with E-state index in [1.54, 1.807) is 0 Å². The minimum Gasteiger partial charge on any atom is -0.481 e. The van der Waals surface area contributed by atoms with Gasteiger partial charge in [0.25, 0.3) is 0 Å². The van der Waals surface area contributed by atoms with Crippen LogP contribution in [0.1, 0.15) is 13.3 Å². The quantitative estimate of drug-likeness (QED) is 0.433. The Morgan fingerprint density at radius 1 is 1.45 bits per heavy atom.